The van der Waals surface area contributed by atoms with Crippen molar-refractivity contribution >= 4 is 17.7 Å². The van der Waals surface area contributed by atoms with Gasteiger partial charge in [0, 0.05) is 0 Å². The van der Waals surface area contributed by atoms with Gasteiger partial charge in [-0.1, -0.05) is 67.8 Å². The third-order valence-electron chi connectivity index (χ3n) is 6.73. The Kier molecular flexibility index (Phi) is 8.05. The Morgan fingerprint density at radius 3 is 2.48 bits per heavy atom. The van der Waals surface area contributed by atoms with E-state index in [9.17, 15) is 10.1 Å². The van der Waals surface area contributed by atoms with Gasteiger partial charge in [0.15, 0.2) is 5.16 Å². The molecule has 1 atom stereocenters. The highest BCUT2D eigenvalue weighted by Gasteiger charge is 2.35. The largest absolute Gasteiger partial charge is 0.337 e. The van der Waals surface area contributed by atoms with Crippen molar-refractivity contribution in [1.29, 1.82) is 5.26 Å². The zero-order valence-corrected chi connectivity index (χ0v) is 20.3. The number of likely N-dealkylation sites (tertiary alicyclic amines) is 1. The fourth-order valence-electron chi connectivity index (χ4n) is 4.73. The number of thioether (sulfide) groups is 1. The number of amides is 1. The van der Waals surface area contributed by atoms with Crippen molar-refractivity contribution in [3.05, 3.63) is 41.7 Å². The van der Waals surface area contributed by atoms with Crippen LogP contribution in [0.15, 0.2) is 35.5 Å². The van der Waals surface area contributed by atoms with Gasteiger partial charge < -0.3 is 9.88 Å². The van der Waals surface area contributed by atoms with E-state index in [1.54, 1.807) is 0 Å². The minimum absolute atomic E-state index is 0.102. The van der Waals surface area contributed by atoms with Crippen LogP contribution in [0.25, 0.3) is 0 Å². The molecule has 176 valence electrons. The molecule has 1 saturated heterocycles. The molecule has 1 unspecified atom stereocenters. The number of benzene rings is 1. The molecule has 2 aliphatic rings. The second-order valence-corrected chi connectivity index (χ2v) is 10.6. The zero-order valence-electron chi connectivity index (χ0n) is 19.5. The number of rotatable bonds is 8. The standard InChI is InChI=1S/C25H34N6OS/c1-20(23(32)27-25(19-26)13-7-3-8-14-25)33-24-29-28-22(18-30-15-9-4-10-16-30)31(24)17-21-11-5-2-6-12-21/h2,5-6,11-12,20H,3-4,7-10,13-18H2,1H3,(H,27,32). The highest BCUT2D eigenvalue weighted by Crippen LogP contribution is 2.29. The number of hydrogen-bond acceptors (Lipinski definition) is 6. The summed E-state index contributed by atoms with van der Waals surface area (Å²) in [6, 6.07) is 12.7. The van der Waals surface area contributed by atoms with Crippen molar-refractivity contribution in [3.8, 4) is 6.07 Å². The van der Waals surface area contributed by atoms with Crippen molar-refractivity contribution in [2.75, 3.05) is 13.1 Å². The number of carbonyl (C=O) groups is 1. The number of nitrogens with zero attached hydrogens (tertiary/aromatic N) is 5. The van der Waals surface area contributed by atoms with Gasteiger partial charge in [0.05, 0.1) is 24.4 Å². The first-order chi connectivity index (χ1) is 16.1. The molecule has 0 spiro atoms. The highest BCUT2D eigenvalue weighted by molar-refractivity contribution is 8.00. The first-order valence-electron chi connectivity index (χ1n) is 12.2. The monoisotopic (exact) mass is 466 g/mol. The van der Waals surface area contributed by atoms with Gasteiger partial charge >= 0.3 is 0 Å². The second-order valence-electron chi connectivity index (χ2n) is 9.31. The molecule has 2 aromatic rings. The van der Waals surface area contributed by atoms with Crippen LogP contribution in [0.2, 0.25) is 0 Å². The molecular formula is C25H34N6OS. The molecule has 0 radical (unpaired) electrons. The predicted molar refractivity (Wildman–Crippen MR) is 130 cm³/mol. The molecule has 1 aromatic heterocycles. The number of piperidine rings is 1. The molecule has 33 heavy (non-hydrogen) atoms. The quantitative estimate of drug-likeness (QED) is 0.589. The van der Waals surface area contributed by atoms with Crippen LogP contribution in [0.1, 0.15) is 69.7 Å². The van der Waals surface area contributed by atoms with Crippen LogP contribution in [-0.4, -0.2) is 49.4 Å². The maximum absolute atomic E-state index is 13.0. The van der Waals surface area contributed by atoms with Gasteiger partial charge in [-0.3, -0.25) is 9.69 Å². The van der Waals surface area contributed by atoms with Gasteiger partial charge in [-0.25, -0.2) is 0 Å². The van der Waals surface area contributed by atoms with Gasteiger partial charge in [0.2, 0.25) is 5.91 Å². The summed E-state index contributed by atoms with van der Waals surface area (Å²) in [6.07, 6.45) is 8.32. The minimum Gasteiger partial charge on any atom is -0.337 e. The van der Waals surface area contributed by atoms with Gasteiger partial charge in [0.1, 0.15) is 11.4 Å². The van der Waals surface area contributed by atoms with Crippen LogP contribution in [0.3, 0.4) is 0 Å². The lowest BCUT2D eigenvalue weighted by molar-refractivity contribution is -0.121. The van der Waals surface area contributed by atoms with Crippen LogP contribution in [-0.2, 0) is 17.9 Å². The summed E-state index contributed by atoms with van der Waals surface area (Å²) in [5.74, 6) is 0.840. The maximum atomic E-state index is 13.0. The molecule has 4 rings (SSSR count). The van der Waals surface area contributed by atoms with E-state index in [4.69, 9.17) is 0 Å². The third kappa shape index (κ3) is 6.15. The van der Waals surface area contributed by atoms with Crippen molar-refractivity contribution in [3.63, 3.8) is 0 Å². The Balaban J connectivity index is 1.49. The van der Waals surface area contributed by atoms with E-state index in [0.29, 0.717) is 6.54 Å². The summed E-state index contributed by atoms with van der Waals surface area (Å²) >= 11 is 1.43. The van der Waals surface area contributed by atoms with E-state index in [1.807, 2.05) is 25.1 Å². The Morgan fingerprint density at radius 2 is 1.79 bits per heavy atom. The summed E-state index contributed by atoms with van der Waals surface area (Å²) in [4.78, 5) is 15.5. The molecule has 1 N–H and O–H groups in total. The number of hydrogen-bond donors (Lipinski definition) is 1. The summed E-state index contributed by atoms with van der Waals surface area (Å²) in [5.41, 5.74) is 0.461. The number of carbonyl (C=O) groups excluding carboxylic acids is 1. The normalized spacial score (nSPS) is 19.5. The Hall–Kier alpha value is -2.37. The molecule has 8 heteroatoms. The predicted octanol–water partition coefficient (Wildman–Crippen LogP) is 4.14. The van der Waals surface area contributed by atoms with E-state index < -0.39 is 5.54 Å². The van der Waals surface area contributed by atoms with Crippen molar-refractivity contribution in [2.24, 2.45) is 0 Å². The molecule has 1 saturated carbocycles. The first kappa shape index (κ1) is 23.8. The van der Waals surface area contributed by atoms with Gasteiger partial charge in [-0.15, -0.1) is 10.2 Å². The summed E-state index contributed by atoms with van der Waals surface area (Å²) < 4.78 is 2.15. The molecule has 0 bridgehead atoms. The molecule has 1 aliphatic carbocycles. The smallest absolute Gasteiger partial charge is 0.234 e. The van der Waals surface area contributed by atoms with Crippen LogP contribution in [0.4, 0.5) is 0 Å². The Morgan fingerprint density at radius 1 is 1.09 bits per heavy atom. The van der Waals surface area contributed by atoms with Gasteiger partial charge in [-0.05, 0) is 51.3 Å². The Bertz CT molecular complexity index is 957. The van der Waals surface area contributed by atoms with Crippen LogP contribution < -0.4 is 5.32 Å². The molecule has 1 aromatic carbocycles. The molecule has 1 aliphatic heterocycles. The number of nitriles is 1. The fraction of sp³-hybridized carbons (Fsp3) is 0.600. The molecular weight excluding hydrogens is 432 g/mol. The van der Waals surface area contributed by atoms with E-state index in [0.717, 1.165) is 62.7 Å². The number of nitrogens with one attached hydrogen (secondary N) is 1. The molecule has 2 heterocycles. The lowest BCUT2D eigenvalue weighted by Crippen LogP contribution is -2.51. The Labute approximate surface area is 200 Å². The minimum atomic E-state index is -0.721. The highest BCUT2D eigenvalue weighted by atomic mass is 32.2. The summed E-state index contributed by atoms with van der Waals surface area (Å²) in [5, 5.41) is 22.2. The first-order valence-corrected chi connectivity index (χ1v) is 13.0. The SMILES string of the molecule is CC(Sc1nnc(CN2CCCCC2)n1Cc1ccccc1)C(=O)NC1(C#N)CCCCC1. The summed E-state index contributed by atoms with van der Waals surface area (Å²) in [6.45, 7) is 5.53. The third-order valence-corrected chi connectivity index (χ3v) is 7.81. The average molecular weight is 467 g/mol. The average Bonchev–Trinajstić information content (AvgIpc) is 3.21. The zero-order chi connectivity index (χ0) is 23.1. The molecule has 2 fully saturated rings. The molecule has 1 amide bonds. The van der Waals surface area contributed by atoms with Crippen molar-refractivity contribution in [2.45, 2.75) is 87.3 Å². The van der Waals surface area contributed by atoms with Crippen LogP contribution in [0.5, 0.6) is 0 Å². The topological polar surface area (TPSA) is 86.8 Å². The summed E-state index contributed by atoms with van der Waals surface area (Å²) in [7, 11) is 0. The van der Waals surface area contributed by atoms with Gasteiger partial charge in [0.25, 0.3) is 0 Å². The maximum Gasteiger partial charge on any atom is 0.234 e. The number of aromatic nitrogens is 3. The van der Waals surface area contributed by atoms with E-state index >= 15 is 0 Å². The molecule has 7 nitrogen and oxygen atoms in total. The van der Waals surface area contributed by atoms with Crippen molar-refractivity contribution in [1.82, 2.24) is 25.0 Å². The lowest BCUT2D eigenvalue weighted by atomic mass is 9.83. The second kappa shape index (κ2) is 11.2. The van der Waals surface area contributed by atoms with Crippen LogP contribution >= 0.6 is 11.8 Å². The van der Waals surface area contributed by atoms with E-state index in [2.05, 4.69) is 43.2 Å². The van der Waals surface area contributed by atoms with E-state index in [1.165, 1.54) is 36.6 Å². The van der Waals surface area contributed by atoms with E-state index in [-0.39, 0.29) is 11.2 Å². The van der Waals surface area contributed by atoms with Crippen LogP contribution in [0, 0.1) is 11.3 Å². The van der Waals surface area contributed by atoms with Crippen molar-refractivity contribution < 1.29 is 4.79 Å². The lowest BCUT2D eigenvalue weighted by Gasteiger charge is -2.32. The fourth-order valence-corrected chi connectivity index (χ4v) is 5.60. The van der Waals surface area contributed by atoms with Gasteiger partial charge in [-0.2, -0.15) is 5.26 Å².